The van der Waals surface area contributed by atoms with Gasteiger partial charge in [0.15, 0.2) is 0 Å². The van der Waals surface area contributed by atoms with Crippen LogP contribution in [0.25, 0.3) is 11.1 Å². The molecule has 2 aliphatic carbocycles. The van der Waals surface area contributed by atoms with Crippen LogP contribution >= 0.6 is 0 Å². The molecule has 26 heavy (non-hydrogen) atoms. The summed E-state index contributed by atoms with van der Waals surface area (Å²) in [6, 6.07) is 16.3. The van der Waals surface area contributed by atoms with E-state index >= 15 is 0 Å². The number of benzene rings is 2. The van der Waals surface area contributed by atoms with E-state index in [4.69, 9.17) is 4.74 Å². The summed E-state index contributed by atoms with van der Waals surface area (Å²) in [7, 11) is 0. The first-order chi connectivity index (χ1) is 12.6. The quantitative estimate of drug-likeness (QED) is 0.870. The molecular weight excluding hydrogens is 326 g/mol. The summed E-state index contributed by atoms with van der Waals surface area (Å²) in [4.78, 5) is 12.3. The van der Waals surface area contributed by atoms with Gasteiger partial charge in [-0.2, -0.15) is 0 Å². The first-order valence-electron chi connectivity index (χ1n) is 9.40. The molecule has 4 rings (SSSR count). The number of nitrogens with one attached hydrogen (secondary N) is 1. The Kier molecular flexibility index (Phi) is 4.45. The largest absolute Gasteiger partial charge is 0.449 e. The molecule has 136 valence electrons. The second-order valence-corrected chi connectivity index (χ2v) is 7.63. The molecule has 2 atom stereocenters. The molecule has 2 aliphatic rings. The number of amides is 1. The van der Waals surface area contributed by atoms with Crippen LogP contribution in [0.15, 0.2) is 48.5 Å². The Balaban J connectivity index is 1.46. The number of hydrogen-bond acceptors (Lipinski definition) is 3. The number of hydrogen-bond donors (Lipinski definition) is 2. The summed E-state index contributed by atoms with van der Waals surface area (Å²) in [5.74, 6) is 0.0556. The van der Waals surface area contributed by atoms with Crippen molar-refractivity contribution < 1.29 is 14.6 Å². The summed E-state index contributed by atoms with van der Waals surface area (Å²) in [6.45, 7) is 2.09. The van der Waals surface area contributed by atoms with Crippen LogP contribution in [-0.4, -0.2) is 29.4 Å². The van der Waals surface area contributed by atoms with E-state index in [1.807, 2.05) is 24.3 Å². The SMILES string of the molecule is C[C@@]1(O)CCCC[C@H]1NC(=O)OCC1c2ccccc2-c2ccccc21. The van der Waals surface area contributed by atoms with Gasteiger partial charge < -0.3 is 15.2 Å². The van der Waals surface area contributed by atoms with E-state index in [0.29, 0.717) is 13.0 Å². The maximum absolute atomic E-state index is 12.3. The highest BCUT2D eigenvalue weighted by Crippen LogP contribution is 2.44. The van der Waals surface area contributed by atoms with Gasteiger partial charge in [-0.25, -0.2) is 4.79 Å². The van der Waals surface area contributed by atoms with Gasteiger partial charge in [0, 0.05) is 5.92 Å². The third-order valence-corrected chi connectivity index (χ3v) is 5.81. The first-order valence-corrected chi connectivity index (χ1v) is 9.40. The molecule has 0 spiro atoms. The molecule has 4 heteroatoms. The van der Waals surface area contributed by atoms with Gasteiger partial charge in [-0.05, 0) is 42.0 Å². The Morgan fingerprint density at radius 1 is 1.12 bits per heavy atom. The molecule has 0 unspecified atom stereocenters. The fourth-order valence-electron chi connectivity index (χ4n) is 4.33. The minimum atomic E-state index is -0.857. The third-order valence-electron chi connectivity index (χ3n) is 5.81. The van der Waals surface area contributed by atoms with Crippen LogP contribution in [0.2, 0.25) is 0 Å². The predicted molar refractivity (Wildman–Crippen MR) is 101 cm³/mol. The molecule has 0 heterocycles. The van der Waals surface area contributed by atoms with Crippen molar-refractivity contribution in [3.05, 3.63) is 59.7 Å². The van der Waals surface area contributed by atoms with Crippen LogP contribution < -0.4 is 5.32 Å². The molecule has 2 aromatic rings. The van der Waals surface area contributed by atoms with Crippen molar-refractivity contribution in [3.8, 4) is 11.1 Å². The van der Waals surface area contributed by atoms with Gasteiger partial charge in [-0.15, -0.1) is 0 Å². The molecule has 0 bridgehead atoms. The van der Waals surface area contributed by atoms with Crippen molar-refractivity contribution in [3.63, 3.8) is 0 Å². The van der Waals surface area contributed by atoms with Gasteiger partial charge in [-0.1, -0.05) is 61.4 Å². The summed E-state index contributed by atoms with van der Waals surface area (Å²) >= 11 is 0. The average Bonchev–Trinajstić information content (AvgIpc) is 2.96. The van der Waals surface area contributed by atoms with E-state index < -0.39 is 11.7 Å². The highest BCUT2D eigenvalue weighted by atomic mass is 16.5. The minimum absolute atomic E-state index is 0.0556. The highest BCUT2D eigenvalue weighted by Gasteiger charge is 2.36. The molecule has 1 fully saturated rings. The normalized spacial score (nSPS) is 24.6. The van der Waals surface area contributed by atoms with Crippen molar-refractivity contribution in [2.75, 3.05) is 6.61 Å². The number of carbonyl (C=O) groups is 1. The molecule has 4 nitrogen and oxygen atoms in total. The minimum Gasteiger partial charge on any atom is -0.449 e. The maximum Gasteiger partial charge on any atom is 0.407 e. The average molecular weight is 351 g/mol. The van der Waals surface area contributed by atoms with E-state index in [0.717, 1.165) is 19.3 Å². The fourth-order valence-corrected chi connectivity index (χ4v) is 4.33. The molecule has 2 N–H and O–H groups in total. The van der Waals surface area contributed by atoms with E-state index in [9.17, 15) is 9.90 Å². The number of carbonyl (C=O) groups excluding carboxylic acids is 1. The van der Waals surface area contributed by atoms with Crippen LogP contribution in [0.4, 0.5) is 4.79 Å². The number of rotatable bonds is 3. The van der Waals surface area contributed by atoms with Crippen molar-refractivity contribution >= 4 is 6.09 Å². The van der Waals surface area contributed by atoms with E-state index in [1.165, 1.54) is 22.3 Å². The third kappa shape index (κ3) is 3.10. The smallest absolute Gasteiger partial charge is 0.407 e. The fraction of sp³-hybridized carbons (Fsp3) is 0.409. The van der Waals surface area contributed by atoms with Crippen LogP contribution in [0, 0.1) is 0 Å². The summed E-state index contributed by atoms with van der Waals surface area (Å²) in [5.41, 5.74) is 3.97. The summed E-state index contributed by atoms with van der Waals surface area (Å²) in [6.07, 6.45) is 3.07. The van der Waals surface area contributed by atoms with E-state index in [1.54, 1.807) is 6.92 Å². The first kappa shape index (κ1) is 17.1. The van der Waals surface area contributed by atoms with Crippen molar-refractivity contribution in [1.82, 2.24) is 5.32 Å². The van der Waals surface area contributed by atoms with Crippen LogP contribution in [0.3, 0.4) is 0 Å². The molecule has 1 saturated carbocycles. The Morgan fingerprint density at radius 2 is 1.73 bits per heavy atom. The van der Waals surface area contributed by atoms with Crippen molar-refractivity contribution in [2.24, 2.45) is 0 Å². The zero-order valence-electron chi connectivity index (χ0n) is 15.1. The van der Waals surface area contributed by atoms with Gasteiger partial charge in [0.2, 0.25) is 0 Å². The lowest BCUT2D eigenvalue weighted by Crippen LogP contribution is -2.52. The predicted octanol–water partition coefficient (Wildman–Crippen LogP) is 4.22. The van der Waals surface area contributed by atoms with Gasteiger partial charge in [0.1, 0.15) is 6.61 Å². The lowest BCUT2D eigenvalue weighted by Gasteiger charge is -2.37. The Bertz CT molecular complexity index is 769. The molecule has 0 radical (unpaired) electrons. The maximum atomic E-state index is 12.3. The Hall–Kier alpha value is -2.33. The van der Waals surface area contributed by atoms with Crippen molar-refractivity contribution in [1.29, 1.82) is 0 Å². The summed E-state index contributed by atoms with van der Waals surface area (Å²) < 4.78 is 5.57. The van der Waals surface area contributed by atoms with Gasteiger partial charge in [0.25, 0.3) is 0 Å². The van der Waals surface area contributed by atoms with Gasteiger partial charge in [-0.3, -0.25) is 0 Å². The van der Waals surface area contributed by atoms with Crippen LogP contribution in [-0.2, 0) is 4.74 Å². The molecule has 1 amide bonds. The van der Waals surface area contributed by atoms with E-state index in [-0.39, 0.29) is 12.0 Å². The standard InChI is InChI=1S/C22H25NO3/c1-22(25)13-7-6-12-20(22)23-21(24)26-14-19-17-10-4-2-8-15(17)16-9-3-5-11-18(16)19/h2-5,8-11,19-20,25H,6-7,12-14H2,1H3,(H,23,24)/t20-,22-/m1/s1. The van der Waals surface area contributed by atoms with Crippen LogP contribution in [0.5, 0.6) is 0 Å². The number of fused-ring (bicyclic) bond motifs is 3. The molecule has 0 saturated heterocycles. The second-order valence-electron chi connectivity index (χ2n) is 7.63. The lowest BCUT2D eigenvalue weighted by molar-refractivity contribution is -0.0103. The molecular formula is C22H25NO3. The second kappa shape index (κ2) is 6.76. The zero-order valence-corrected chi connectivity index (χ0v) is 15.1. The lowest BCUT2D eigenvalue weighted by atomic mass is 9.82. The Morgan fingerprint density at radius 3 is 2.35 bits per heavy atom. The summed E-state index contributed by atoms with van der Waals surface area (Å²) in [5, 5.41) is 13.3. The van der Waals surface area contributed by atoms with E-state index in [2.05, 4.69) is 29.6 Å². The monoisotopic (exact) mass is 351 g/mol. The number of alkyl carbamates (subject to hydrolysis) is 1. The zero-order chi connectivity index (χ0) is 18.1. The number of aliphatic hydroxyl groups is 1. The molecule has 2 aromatic carbocycles. The van der Waals surface area contributed by atoms with Crippen LogP contribution in [0.1, 0.15) is 49.7 Å². The topological polar surface area (TPSA) is 58.6 Å². The Labute approximate surface area is 154 Å². The van der Waals surface area contributed by atoms with Crippen molar-refractivity contribution in [2.45, 2.75) is 50.2 Å². The molecule has 0 aliphatic heterocycles. The van der Waals surface area contributed by atoms with Gasteiger partial charge in [0.05, 0.1) is 11.6 Å². The van der Waals surface area contributed by atoms with Gasteiger partial charge >= 0.3 is 6.09 Å². The highest BCUT2D eigenvalue weighted by molar-refractivity contribution is 5.79. The molecule has 0 aromatic heterocycles. The number of ether oxygens (including phenoxy) is 1.